The van der Waals surface area contributed by atoms with Crippen molar-refractivity contribution in [3.63, 3.8) is 0 Å². The number of aromatic nitrogens is 2. The van der Waals surface area contributed by atoms with Gasteiger partial charge in [-0.15, -0.1) is 0 Å². The Kier molecular flexibility index (Phi) is 5.20. The highest BCUT2D eigenvalue weighted by atomic mass is 32.2. The number of likely N-dealkylation sites (tertiary alicyclic amines) is 1. The molecule has 2 atom stereocenters. The van der Waals surface area contributed by atoms with E-state index in [1.54, 1.807) is 11.9 Å². The lowest BCUT2D eigenvalue weighted by Gasteiger charge is -2.38. The number of aryl methyl sites for hydroxylation is 1. The van der Waals surface area contributed by atoms with Gasteiger partial charge in [-0.3, -0.25) is 9.48 Å². The largest absolute Gasteiger partial charge is 0.337 e. The molecule has 2 heterocycles. The lowest BCUT2D eigenvalue weighted by atomic mass is 9.97. The first-order valence-corrected chi connectivity index (χ1v) is 8.83. The molecule has 1 fully saturated rings. The van der Waals surface area contributed by atoms with Crippen molar-refractivity contribution in [2.75, 3.05) is 13.1 Å². The molecule has 2 unspecified atom stereocenters. The van der Waals surface area contributed by atoms with Crippen LogP contribution in [-0.2, 0) is 21.9 Å². The molecule has 1 amide bonds. The quantitative estimate of drug-likeness (QED) is 0.751. The lowest BCUT2D eigenvalue weighted by molar-refractivity contribution is -0.134. The monoisotopic (exact) mass is 329 g/mol. The molecule has 1 aliphatic rings. The van der Waals surface area contributed by atoms with E-state index in [-0.39, 0.29) is 29.4 Å². The molecule has 0 spiro atoms. The van der Waals surface area contributed by atoms with E-state index in [0.29, 0.717) is 6.54 Å². The first kappa shape index (κ1) is 16.9. The Hall–Kier alpha value is -1.45. The number of amides is 1. The number of carbonyl (C=O) groups excluding carboxylic acids is 1. The Balaban J connectivity index is 1.99. The predicted octanol–water partition coefficient (Wildman–Crippen LogP) is -0.573. The highest BCUT2D eigenvalue weighted by molar-refractivity contribution is 7.89. The summed E-state index contributed by atoms with van der Waals surface area (Å²) in [5.41, 5.74) is 5.93. The molecule has 0 bridgehead atoms. The predicted molar refractivity (Wildman–Crippen MR) is 81.4 cm³/mol. The van der Waals surface area contributed by atoms with Crippen molar-refractivity contribution in [3.8, 4) is 0 Å². The van der Waals surface area contributed by atoms with Gasteiger partial charge in [0.1, 0.15) is 4.90 Å². The summed E-state index contributed by atoms with van der Waals surface area (Å²) in [5.74, 6) is -0.241. The van der Waals surface area contributed by atoms with Crippen LogP contribution in [0, 0.1) is 0 Å². The average Bonchev–Trinajstić information content (AvgIpc) is 2.92. The average molecular weight is 329 g/mol. The first-order valence-electron chi connectivity index (χ1n) is 7.34. The fourth-order valence-electron chi connectivity index (χ4n) is 2.69. The fourth-order valence-corrected chi connectivity index (χ4v) is 3.65. The van der Waals surface area contributed by atoms with Crippen LogP contribution >= 0.6 is 0 Å². The van der Waals surface area contributed by atoms with E-state index < -0.39 is 10.0 Å². The number of nitrogens with zero attached hydrogens (tertiary/aromatic N) is 3. The second kappa shape index (κ2) is 6.76. The molecule has 124 valence electrons. The molecule has 0 saturated carbocycles. The number of carbonyl (C=O) groups is 1. The molecule has 1 aliphatic heterocycles. The van der Waals surface area contributed by atoms with Gasteiger partial charge in [-0.1, -0.05) is 0 Å². The van der Waals surface area contributed by atoms with Crippen molar-refractivity contribution < 1.29 is 13.2 Å². The van der Waals surface area contributed by atoms with Crippen molar-refractivity contribution in [1.29, 1.82) is 0 Å². The van der Waals surface area contributed by atoms with Gasteiger partial charge in [-0.25, -0.2) is 13.1 Å². The van der Waals surface area contributed by atoms with Crippen LogP contribution < -0.4 is 10.5 Å². The summed E-state index contributed by atoms with van der Waals surface area (Å²) in [6.45, 7) is 2.23. The molecule has 0 aromatic carbocycles. The minimum Gasteiger partial charge on any atom is -0.337 e. The fraction of sp³-hybridized carbons (Fsp3) is 0.692. The third kappa shape index (κ3) is 3.84. The van der Waals surface area contributed by atoms with Crippen molar-refractivity contribution >= 4 is 15.9 Å². The van der Waals surface area contributed by atoms with Crippen LogP contribution in [0.1, 0.15) is 26.2 Å². The van der Waals surface area contributed by atoms with Gasteiger partial charge in [0.05, 0.1) is 12.7 Å². The van der Waals surface area contributed by atoms with Crippen LogP contribution in [0.4, 0.5) is 0 Å². The second-order valence-corrected chi connectivity index (χ2v) is 7.45. The van der Waals surface area contributed by atoms with Crippen molar-refractivity contribution in [1.82, 2.24) is 19.4 Å². The summed E-state index contributed by atoms with van der Waals surface area (Å²) in [5, 5.41) is 3.82. The van der Waals surface area contributed by atoms with Crippen LogP contribution in [0.15, 0.2) is 17.3 Å². The molecule has 2 rings (SSSR count). The molecule has 3 N–H and O–H groups in total. The van der Waals surface area contributed by atoms with E-state index in [0.717, 1.165) is 19.3 Å². The van der Waals surface area contributed by atoms with Gasteiger partial charge < -0.3 is 10.6 Å². The standard InChI is InChI=1S/C13H23N5O3S/c1-10(14)12-5-3-4-6-18(12)13(19)8-16-22(20,21)11-7-15-17(2)9-11/h7,9-10,12,16H,3-6,8,14H2,1-2H3. The summed E-state index contributed by atoms with van der Waals surface area (Å²) in [4.78, 5) is 14.1. The zero-order valence-corrected chi connectivity index (χ0v) is 13.7. The molecule has 22 heavy (non-hydrogen) atoms. The normalized spacial score (nSPS) is 20.9. The number of hydrogen-bond acceptors (Lipinski definition) is 5. The van der Waals surface area contributed by atoms with Gasteiger partial charge in [0.25, 0.3) is 0 Å². The van der Waals surface area contributed by atoms with Crippen LogP contribution in [-0.4, -0.2) is 54.2 Å². The Morgan fingerprint density at radius 1 is 1.55 bits per heavy atom. The van der Waals surface area contributed by atoms with Gasteiger partial charge in [0, 0.05) is 31.9 Å². The van der Waals surface area contributed by atoms with Crippen molar-refractivity contribution in [3.05, 3.63) is 12.4 Å². The molecule has 0 aliphatic carbocycles. The zero-order chi connectivity index (χ0) is 16.3. The number of sulfonamides is 1. The van der Waals surface area contributed by atoms with Crippen molar-refractivity contribution in [2.45, 2.75) is 43.2 Å². The molecule has 1 saturated heterocycles. The number of nitrogens with two attached hydrogens (primary N) is 1. The smallest absolute Gasteiger partial charge is 0.244 e. The minimum absolute atomic E-state index is 0.0239. The highest BCUT2D eigenvalue weighted by Gasteiger charge is 2.29. The van der Waals surface area contributed by atoms with E-state index in [2.05, 4.69) is 9.82 Å². The molecule has 0 radical (unpaired) electrons. The van der Waals surface area contributed by atoms with Crippen LogP contribution in [0.2, 0.25) is 0 Å². The van der Waals surface area contributed by atoms with Gasteiger partial charge >= 0.3 is 0 Å². The van der Waals surface area contributed by atoms with Crippen molar-refractivity contribution in [2.24, 2.45) is 12.8 Å². The van der Waals surface area contributed by atoms with Gasteiger partial charge in [-0.2, -0.15) is 5.10 Å². The highest BCUT2D eigenvalue weighted by Crippen LogP contribution is 2.19. The number of rotatable bonds is 5. The van der Waals surface area contributed by atoms with E-state index in [9.17, 15) is 13.2 Å². The number of nitrogens with one attached hydrogen (secondary N) is 1. The maximum absolute atomic E-state index is 12.3. The first-order chi connectivity index (χ1) is 10.3. The summed E-state index contributed by atoms with van der Waals surface area (Å²) < 4.78 is 27.9. The Bertz CT molecular complexity index is 625. The lowest BCUT2D eigenvalue weighted by Crippen LogP contribution is -2.54. The molecule has 1 aromatic heterocycles. The van der Waals surface area contributed by atoms with Gasteiger partial charge in [-0.05, 0) is 26.2 Å². The minimum atomic E-state index is -3.72. The Morgan fingerprint density at radius 2 is 2.27 bits per heavy atom. The topological polar surface area (TPSA) is 110 Å². The Morgan fingerprint density at radius 3 is 2.86 bits per heavy atom. The third-order valence-electron chi connectivity index (χ3n) is 3.88. The molecule has 9 heteroatoms. The maximum Gasteiger partial charge on any atom is 0.244 e. The summed E-state index contributed by atoms with van der Waals surface area (Å²) >= 11 is 0. The molecular formula is C13H23N5O3S. The van der Waals surface area contributed by atoms with Crippen LogP contribution in [0.25, 0.3) is 0 Å². The second-order valence-electron chi connectivity index (χ2n) is 5.68. The summed E-state index contributed by atoms with van der Waals surface area (Å²) in [7, 11) is -2.09. The SMILES string of the molecule is CC(N)C1CCCCN1C(=O)CNS(=O)(=O)c1cnn(C)c1. The summed E-state index contributed by atoms with van der Waals surface area (Å²) in [6.07, 6.45) is 5.46. The summed E-state index contributed by atoms with van der Waals surface area (Å²) in [6, 6.07) is -0.150. The van der Waals surface area contributed by atoms with E-state index >= 15 is 0 Å². The Labute approximate surface area is 130 Å². The number of hydrogen-bond donors (Lipinski definition) is 2. The molecular weight excluding hydrogens is 306 g/mol. The van der Waals surface area contributed by atoms with E-state index in [1.165, 1.54) is 17.1 Å². The number of piperidine rings is 1. The van der Waals surface area contributed by atoms with Crippen LogP contribution in [0.3, 0.4) is 0 Å². The van der Waals surface area contributed by atoms with Gasteiger partial charge in [0.2, 0.25) is 15.9 Å². The molecule has 1 aromatic rings. The molecule has 8 nitrogen and oxygen atoms in total. The zero-order valence-electron chi connectivity index (χ0n) is 12.9. The third-order valence-corrected chi connectivity index (χ3v) is 5.24. The maximum atomic E-state index is 12.3. The van der Waals surface area contributed by atoms with E-state index in [4.69, 9.17) is 5.73 Å². The van der Waals surface area contributed by atoms with Gasteiger partial charge in [0.15, 0.2) is 0 Å². The van der Waals surface area contributed by atoms with Crippen LogP contribution in [0.5, 0.6) is 0 Å². The van der Waals surface area contributed by atoms with E-state index in [1.807, 2.05) is 6.92 Å².